The number of carbonyl (C=O) groups excluding carboxylic acids is 1. The lowest BCUT2D eigenvalue weighted by molar-refractivity contribution is 0.0591. The molecule has 2 heterocycles. The summed E-state index contributed by atoms with van der Waals surface area (Å²) < 4.78 is 15.5. The monoisotopic (exact) mass is 261 g/mol. The number of benzene rings is 1. The van der Waals surface area contributed by atoms with Crippen molar-refractivity contribution < 1.29 is 24.1 Å². The van der Waals surface area contributed by atoms with Crippen molar-refractivity contribution in [2.45, 2.75) is 0 Å². The van der Waals surface area contributed by atoms with Crippen LogP contribution in [0.2, 0.25) is 0 Å². The van der Waals surface area contributed by atoms with Gasteiger partial charge in [0.15, 0.2) is 22.9 Å². The normalized spacial score (nSPS) is 13.3. The molecule has 1 N–H and O–H groups in total. The second kappa shape index (κ2) is 4.31. The highest BCUT2D eigenvalue weighted by Gasteiger charge is 2.21. The lowest BCUT2D eigenvalue weighted by Crippen LogP contribution is -2.15. The minimum Gasteiger partial charge on any atom is -0.505 e. The molecule has 0 saturated carbocycles. The first-order chi connectivity index (χ1) is 9.22. The van der Waals surface area contributed by atoms with Gasteiger partial charge in [-0.05, 0) is 12.1 Å². The summed E-state index contributed by atoms with van der Waals surface area (Å²) >= 11 is 0. The Labute approximate surface area is 108 Å². The maximum absolute atomic E-state index is 11.5. The van der Waals surface area contributed by atoms with Crippen LogP contribution in [0, 0.1) is 0 Å². The van der Waals surface area contributed by atoms with E-state index in [4.69, 9.17) is 9.47 Å². The molecule has 1 aromatic carbocycles. The van der Waals surface area contributed by atoms with Crippen molar-refractivity contribution in [2.75, 3.05) is 20.3 Å². The van der Waals surface area contributed by atoms with Crippen LogP contribution in [-0.2, 0) is 4.74 Å². The Balaban J connectivity index is 2.25. The Hall–Kier alpha value is -2.50. The molecule has 0 unspecified atom stereocenters. The number of aromatic nitrogens is 1. The van der Waals surface area contributed by atoms with E-state index in [1.54, 1.807) is 12.1 Å². The first kappa shape index (κ1) is 11.6. The van der Waals surface area contributed by atoms with Gasteiger partial charge in [-0.2, -0.15) is 0 Å². The third-order valence-electron chi connectivity index (χ3n) is 2.93. The van der Waals surface area contributed by atoms with Gasteiger partial charge >= 0.3 is 5.97 Å². The third kappa shape index (κ3) is 1.72. The Morgan fingerprint density at radius 2 is 2.11 bits per heavy atom. The largest absolute Gasteiger partial charge is 0.505 e. The van der Waals surface area contributed by atoms with Crippen molar-refractivity contribution in [3.05, 3.63) is 24.0 Å². The number of methoxy groups -OCH3 is 1. The molecule has 0 atom stereocenters. The summed E-state index contributed by atoms with van der Waals surface area (Å²) in [5.41, 5.74) is -0.119. The van der Waals surface area contributed by atoms with E-state index in [0.29, 0.717) is 35.5 Å². The van der Waals surface area contributed by atoms with Crippen molar-refractivity contribution in [1.82, 2.24) is 4.98 Å². The molecule has 0 amide bonds. The van der Waals surface area contributed by atoms with Gasteiger partial charge in [0.2, 0.25) is 0 Å². The van der Waals surface area contributed by atoms with Crippen LogP contribution >= 0.6 is 0 Å². The van der Waals surface area contributed by atoms with E-state index in [-0.39, 0.29) is 11.4 Å². The molecule has 19 heavy (non-hydrogen) atoms. The molecule has 0 radical (unpaired) electrons. The van der Waals surface area contributed by atoms with Crippen molar-refractivity contribution in [2.24, 2.45) is 0 Å². The molecule has 1 aliphatic rings. The quantitative estimate of drug-likeness (QED) is 0.784. The van der Waals surface area contributed by atoms with Gasteiger partial charge in [0.1, 0.15) is 13.2 Å². The molecule has 98 valence electrons. The van der Waals surface area contributed by atoms with Crippen LogP contribution in [0.3, 0.4) is 0 Å². The van der Waals surface area contributed by atoms with Gasteiger partial charge in [0.25, 0.3) is 0 Å². The highest BCUT2D eigenvalue weighted by molar-refractivity contribution is 6.01. The Bertz CT molecular complexity index is 668. The third-order valence-corrected chi connectivity index (χ3v) is 2.93. The maximum Gasteiger partial charge on any atom is 0.360 e. The van der Waals surface area contributed by atoms with Gasteiger partial charge in [0, 0.05) is 17.0 Å². The van der Waals surface area contributed by atoms with E-state index in [9.17, 15) is 9.90 Å². The standard InChI is InChI=1S/C13H11NO5/c1-17-13(16)10-11(15)7-2-3-9-12(8(7)6-14-10)19-5-4-18-9/h2-3,6,15H,4-5H2,1H3. The minimum atomic E-state index is -0.686. The van der Waals surface area contributed by atoms with Crippen molar-refractivity contribution in [1.29, 1.82) is 0 Å². The fourth-order valence-electron chi connectivity index (χ4n) is 2.04. The summed E-state index contributed by atoms with van der Waals surface area (Å²) in [6.07, 6.45) is 1.47. The first-order valence-electron chi connectivity index (χ1n) is 5.71. The van der Waals surface area contributed by atoms with Crippen molar-refractivity contribution >= 4 is 16.7 Å². The molecule has 0 fully saturated rings. The second-order valence-electron chi connectivity index (χ2n) is 4.00. The van der Waals surface area contributed by atoms with Crippen molar-refractivity contribution in [3.63, 3.8) is 0 Å². The number of hydrogen-bond donors (Lipinski definition) is 1. The number of pyridine rings is 1. The molecule has 1 aliphatic heterocycles. The van der Waals surface area contributed by atoms with E-state index in [0.717, 1.165) is 0 Å². The summed E-state index contributed by atoms with van der Waals surface area (Å²) in [5, 5.41) is 11.2. The highest BCUT2D eigenvalue weighted by atomic mass is 16.6. The maximum atomic E-state index is 11.5. The van der Waals surface area contributed by atoms with E-state index in [1.807, 2.05) is 0 Å². The van der Waals surface area contributed by atoms with E-state index in [1.165, 1.54) is 13.3 Å². The molecule has 0 spiro atoms. The number of aromatic hydroxyl groups is 1. The average molecular weight is 261 g/mol. The summed E-state index contributed by atoms with van der Waals surface area (Å²) in [5.74, 6) is 0.226. The number of nitrogens with zero attached hydrogens (tertiary/aromatic N) is 1. The van der Waals surface area contributed by atoms with Gasteiger partial charge in [0.05, 0.1) is 7.11 Å². The van der Waals surface area contributed by atoms with E-state index in [2.05, 4.69) is 9.72 Å². The summed E-state index contributed by atoms with van der Waals surface area (Å²) in [6, 6.07) is 3.35. The summed E-state index contributed by atoms with van der Waals surface area (Å²) in [7, 11) is 1.23. The molecular weight excluding hydrogens is 250 g/mol. The SMILES string of the molecule is COC(=O)c1ncc2c3c(ccc2c1O)OCCO3. The molecule has 2 aromatic rings. The zero-order chi connectivity index (χ0) is 13.4. The Kier molecular flexibility index (Phi) is 2.63. The Morgan fingerprint density at radius 1 is 1.32 bits per heavy atom. The van der Waals surface area contributed by atoms with Crippen LogP contribution in [-0.4, -0.2) is 36.4 Å². The van der Waals surface area contributed by atoms with Crippen LogP contribution in [0.15, 0.2) is 18.3 Å². The summed E-state index contributed by atoms with van der Waals surface area (Å²) in [6.45, 7) is 0.920. The molecule has 6 heteroatoms. The number of hydrogen-bond acceptors (Lipinski definition) is 6. The zero-order valence-electron chi connectivity index (χ0n) is 10.2. The van der Waals surface area contributed by atoms with Crippen LogP contribution in [0.4, 0.5) is 0 Å². The van der Waals surface area contributed by atoms with Crippen LogP contribution in [0.1, 0.15) is 10.5 Å². The number of fused-ring (bicyclic) bond motifs is 3. The fourth-order valence-corrected chi connectivity index (χ4v) is 2.04. The summed E-state index contributed by atoms with van der Waals surface area (Å²) in [4.78, 5) is 15.4. The lowest BCUT2D eigenvalue weighted by atomic mass is 10.1. The molecular formula is C13H11NO5. The lowest BCUT2D eigenvalue weighted by Gasteiger charge is -2.20. The predicted molar refractivity (Wildman–Crippen MR) is 65.7 cm³/mol. The molecule has 3 rings (SSSR count). The second-order valence-corrected chi connectivity index (χ2v) is 4.00. The van der Waals surface area contributed by atoms with E-state index < -0.39 is 5.97 Å². The molecule has 1 aromatic heterocycles. The zero-order valence-corrected chi connectivity index (χ0v) is 10.2. The first-order valence-corrected chi connectivity index (χ1v) is 5.71. The molecule has 0 saturated heterocycles. The number of ether oxygens (including phenoxy) is 3. The van der Waals surface area contributed by atoms with Gasteiger partial charge in [-0.15, -0.1) is 0 Å². The molecule has 0 bridgehead atoms. The van der Waals surface area contributed by atoms with Gasteiger partial charge in [-0.1, -0.05) is 0 Å². The predicted octanol–water partition coefficient (Wildman–Crippen LogP) is 1.50. The number of rotatable bonds is 1. The van der Waals surface area contributed by atoms with Crippen LogP contribution in [0.25, 0.3) is 10.8 Å². The van der Waals surface area contributed by atoms with Gasteiger partial charge in [-0.25, -0.2) is 9.78 Å². The smallest absolute Gasteiger partial charge is 0.360 e. The van der Waals surface area contributed by atoms with Crippen molar-refractivity contribution in [3.8, 4) is 17.2 Å². The minimum absolute atomic E-state index is 0.119. The van der Waals surface area contributed by atoms with Crippen LogP contribution in [0.5, 0.6) is 17.2 Å². The van der Waals surface area contributed by atoms with Crippen LogP contribution < -0.4 is 9.47 Å². The number of esters is 1. The van der Waals surface area contributed by atoms with Gasteiger partial charge in [-0.3, -0.25) is 0 Å². The molecule has 6 nitrogen and oxygen atoms in total. The average Bonchev–Trinajstić information content (AvgIpc) is 2.46. The topological polar surface area (TPSA) is 77.9 Å². The highest BCUT2D eigenvalue weighted by Crippen LogP contribution is 2.40. The fraction of sp³-hybridized carbons (Fsp3) is 0.231. The Morgan fingerprint density at radius 3 is 2.89 bits per heavy atom. The van der Waals surface area contributed by atoms with Gasteiger partial charge < -0.3 is 19.3 Å². The molecule has 0 aliphatic carbocycles. The number of carbonyl (C=O) groups is 1. The van der Waals surface area contributed by atoms with E-state index >= 15 is 0 Å².